The first-order chi connectivity index (χ1) is 11.6. The summed E-state index contributed by atoms with van der Waals surface area (Å²) in [6.07, 6.45) is -3.34. The molecule has 1 aliphatic heterocycles. The molecule has 1 aliphatic rings. The van der Waals surface area contributed by atoms with Crippen molar-refractivity contribution in [1.82, 2.24) is 9.62 Å². The number of carbonyl (C=O) groups excluding carboxylic acids is 1. The Morgan fingerprint density at radius 2 is 1.84 bits per heavy atom. The fraction of sp³-hybridized carbons (Fsp3) is 0.562. The lowest BCUT2D eigenvalue weighted by Crippen LogP contribution is -2.47. The molecule has 0 unspecified atom stereocenters. The minimum atomic E-state index is -4.60. The number of rotatable bonds is 5. The Labute approximate surface area is 145 Å². The van der Waals surface area contributed by atoms with Gasteiger partial charge in [-0.25, -0.2) is 13.1 Å². The summed E-state index contributed by atoms with van der Waals surface area (Å²) in [5.41, 5.74) is -1.33. The maximum absolute atomic E-state index is 13.0. The van der Waals surface area contributed by atoms with E-state index < -0.39 is 27.7 Å². The minimum absolute atomic E-state index is 0.0328. The van der Waals surface area contributed by atoms with Crippen LogP contribution in [0, 0.1) is 0 Å². The lowest BCUT2D eigenvalue weighted by Gasteiger charge is -2.32. The fourth-order valence-electron chi connectivity index (χ4n) is 2.87. The molecule has 1 amide bonds. The molecule has 0 spiro atoms. The maximum Gasteiger partial charge on any atom is 0.417 e. The predicted molar refractivity (Wildman–Crippen MR) is 87.6 cm³/mol. The molecule has 140 valence electrons. The summed E-state index contributed by atoms with van der Waals surface area (Å²) in [4.78, 5) is 13.8. The fourth-order valence-corrected chi connectivity index (χ4v) is 4.27. The van der Waals surface area contributed by atoms with Crippen LogP contribution < -0.4 is 4.72 Å². The van der Waals surface area contributed by atoms with Crippen molar-refractivity contribution in [3.05, 3.63) is 35.4 Å². The van der Waals surface area contributed by atoms with Crippen molar-refractivity contribution in [2.45, 2.75) is 38.4 Å². The average molecular weight is 378 g/mol. The van der Waals surface area contributed by atoms with Gasteiger partial charge >= 0.3 is 6.18 Å². The monoisotopic (exact) mass is 378 g/mol. The van der Waals surface area contributed by atoms with Crippen LogP contribution >= 0.6 is 0 Å². The molecule has 0 atom stereocenters. The molecule has 0 aliphatic carbocycles. The molecule has 1 saturated heterocycles. The molecule has 1 aromatic rings. The maximum atomic E-state index is 13.0. The first-order valence-corrected chi connectivity index (χ1v) is 9.75. The lowest BCUT2D eigenvalue weighted by molar-refractivity contribution is -0.138. The summed E-state index contributed by atoms with van der Waals surface area (Å²) in [5.74, 6) is -0.645. The number of hydrogen-bond donors (Lipinski definition) is 1. The lowest BCUT2D eigenvalue weighted by atomic mass is 10.0. The zero-order chi connectivity index (χ0) is 18.7. The van der Waals surface area contributed by atoms with Crippen molar-refractivity contribution in [3.8, 4) is 0 Å². The standard InChI is InChI=1S/C16H21F3N2O3S/c1-2-11-25(23,24)20-12-7-9-21(10-8-12)15(22)13-5-3-4-6-14(13)16(17,18)19/h3-6,12,20H,2,7-11H2,1H3. The highest BCUT2D eigenvalue weighted by molar-refractivity contribution is 7.89. The Bertz CT molecular complexity index is 712. The second-order valence-corrected chi connectivity index (χ2v) is 7.92. The van der Waals surface area contributed by atoms with Crippen LogP contribution in [0.1, 0.15) is 42.1 Å². The zero-order valence-corrected chi connectivity index (χ0v) is 14.7. The summed E-state index contributed by atoms with van der Waals surface area (Å²) in [5, 5.41) is 0. The van der Waals surface area contributed by atoms with Crippen LogP contribution in [0.5, 0.6) is 0 Å². The molecule has 0 aromatic heterocycles. The first-order valence-electron chi connectivity index (χ1n) is 8.09. The second-order valence-electron chi connectivity index (χ2n) is 6.05. The van der Waals surface area contributed by atoms with Crippen LogP contribution in [0.15, 0.2) is 24.3 Å². The van der Waals surface area contributed by atoms with Gasteiger partial charge in [-0.15, -0.1) is 0 Å². The SMILES string of the molecule is CCCS(=O)(=O)NC1CCN(C(=O)c2ccccc2C(F)(F)F)CC1. The van der Waals surface area contributed by atoms with Crippen LogP contribution in [-0.4, -0.2) is 44.1 Å². The molecular weight excluding hydrogens is 357 g/mol. The van der Waals surface area contributed by atoms with E-state index in [1.54, 1.807) is 6.92 Å². The molecule has 1 heterocycles. The number of benzene rings is 1. The third-order valence-electron chi connectivity index (χ3n) is 4.06. The minimum Gasteiger partial charge on any atom is -0.339 e. The Kier molecular flexibility index (Phi) is 6.10. The Balaban J connectivity index is 2.03. The third kappa shape index (κ3) is 5.18. The van der Waals surface area contributed by atoms with Gasteiger partial charge in [0, 0.05) is 19.1 Å². The van der Waals surface area contributed by atoms with Crippen LogP contribution in [0.3, 0.4) is 0 Å². The molecule has 9 heteroatoms. The number of hydrogen-bond acceptors (Lipinski definition) is 3. The number of carbonyl (C=O) groups is 1. The largest absolute Gasteiger partial charge is 0.417 e. The molecule has 2 rings (SSSR count). The van der Waals surface area contributed by atoms with E-state index in [9.17, 15) is 26.4 Å². The molecule has 0 saturated carbocycles. The van der Waals surface area contributed by atoms with Gasteiger partial charge in [0.2, 0.25) is 10.0 Å². The quantitative estimate of drug-likeness (QED) is 0.857. The van der Waals surface area contributed by atoms with E-state index in [1.807, 2.05) is 0 Å². The molecule has 1 fully saturated rings. The molecular formula is C16H21F3N2O3S. The van der Waals surface area contributed by atoms with Crippen LogP contribution in [-0.2, 0) is 16.2 Å². The molecule has 0 bridgehead atoms. The van der Waals surface area contributed by atoms with Gasteiger partial charge in [0.15, 0.2) is 0 Å². The average Bonchev–Trinajstić information content (AvgIpc) is 2.53. The van der Waals surface area contributed by atoms with E-state index in [4.69, 9.17) is 0 Å². The van der Waals surface area contributed by atoms with Gasteiger partial charge in [-0.2, -0.15) is 13.2 Å². The van der Waals surface area contributed by atoms with E-state index in [0.29, 0.717) is 19.3 Å². The highest BCUT2D eigenvalue weighted by Gasteiger charge is 2.36. The third-order valence-corrected chi connectivity index (χ3v) is 5.70. The van der Waals surface area contributed by atoms with Crippen LogP contribution in [0.4, 0.5) is 13.2 Å². The van der Waals surface area contributed by atoms with Gasteiger partial charge in [0.25, 0.3) is 5.91 Å². The number of likely N-dealkylation sites (tertiary alicyclic amines) is 1. The van der Waals surface area contributed by atoms with Crippen molar-refractivity contribution in [3.63, 3.8) is 0 Å². The highest BCUT2D eigenvalue weighted by Crippen LogP contribution is 2.32. The van der Waals surface area contributed by atoms with Gasteiger partial charge in [0.1, 0.15) is 0 Å². The van der Waals surface area contributed by atoms with Gasteiger partial charge < -0.3 is 4.90 Å². The molecule has 1 aromatic carbocycles. The number of sulfonamides is 1. The highest BCUT2D eigenvalue weighted by atomic mass is 32.2. The smallest absolute Gasteiger partial charge is 0.339 e. The van der Waals surface area contributed by atoms with Crippen molar-refractivity contribution in [2.24, 2.45) is 0 Å². The van der Waals surface area contributed by atoms with Crippen molar-refractivity contribution in [1.29, 1.82) is 0 Å². The normalized spacial score (nSPS) is 16.9. The number of piperidine rings is 1. The van der Waals surface area contributed by atoms with Gasteiger partial charge in [-0.05, 0) is 31.4 Å². The predicted octanol–water partition coefficient (Wildman–Crippen LogP) is 2.64. The van der Waals surface area contributed by atoms with Crippen molar-refractivity contribution in [2.75, 3.05) is 18.8 Å². The Hall–Kier alpha value is -1.61. The number of nitrogens with one attached hydrogen (secondary N) is 1. The van der Waals surface area contributed by atoms with Gasteiger partial charge in [0.05, 0.1) is 16.9 Å². The van der Waals surface area contributed by atoms with E-state index in [-0.39, 0.29) is 30.4 Å². The van der Waals surface area contributed by atoms with Crippen LogP contribution in [0.25, 0.3) is 0 Å². The molecule has 1 N–H and O–H groups in total. The second kappa shape index (κ2) is 7.74. The molecule has 25 heavy (non-hydrogen) atoms. The van der Waals surface area contributed by atoms with E-state index in [1.165, 1.54) is 23.1 Å². The summed E-state index contributed by atoms with van der Waals surface area (Å²) in [6.45, 7) is 2.19. The Morgan fingerprint density at radius 3 is 2.40 bits per heavy atom. The Morgan fingerprint density at radius 1 is 1.24 bits per heavy atom. The zero-order valence-electron chi connectivity index (χ0n) is 13.8. The van der Waals surface area contributed by atoms with Crippen molar-refractivity contribution < 1.29 is 26.4 Å². The summed E-state index contributed by atoms with van der Waals surface area (Å²) in [7, 11) is -3.35. The summed E-state index contributed by atoms with van der Waals surface area (Å²) < 4.78 is 65.3. The van der Waals surface area contributed by atoms with E-state index >= 15 is 0 Å². The molecule has 0 radical (unpaired) electrons. The van der Waals surface area contributed by atoms with E-state index in [2.05, 4.69) is 4.72 Å². The number of halogens is 3. The summed E-state index contributed by atoms with van der Waals surface area (Å²) >= 11 is 0. The summed E-state index contributed by atoms with van der Waals surface area (Å²) in [6, 6.07) is 4.40. The number of nitrogens with zero attached hydrogens (tertiary/aromatic N) is 1. The first kappa shape index (κ1) is 19.7. The van der Waals surface area contributed by atoms with Gasteiger partial charge in [-0.1, -0.05) is 19.1 Å². The van der Waals surface area contributed by atoms with Crippen molar-refractivity contribution >= 4 is 15.9 Å². The topological polar surface area (TPSA) is 66.5 Å². The van der Waals surface area contributed by atoms with E-state index in [0.717, 1.165) is 6.07 Å². The van der Waals surface area contributed by atoms with Crippen LogP contribution in [0.2, 0.25) is 0 Å². The van der Waals surface area contributed by atoms with Gasteiger partial charge in [-0.3, -0.25) is 4.79 Å². The molecule has 5 nitrogen and oxygen atoms in total. The number of amides is 1. The number of alkyl halides is 3.